The van der Waals surface area contributed by atoms with Gasteiger partial charge in [0.1, 0.15) is 22.5 Å². The number of anilines is 1. The van der Waals surface area contributed by atoms with Crippen molar-refractivity contribution in [3.63, 3.8) is 0 Å². The maximum atomic E-state index is 14.6. The van der Waals surface area contributed by atoms with Gasteiger partial charge in [-0.05, 0) is 54.4 Å². The standard InChI is InChI=1S/C24H23FN4O3S/c1-3-14-6-9-20-18(11-14)21(17-5-4-10-27-23(17)30)22(24(31)28-33(2)32)29(20)13-15-12-16(26)7-8-19(15)25/h4-12H,3,13,26H2,1-2H3,(H,27,30)(H,28,31). The number of carbonyl (C=O) groups is 1. The molecule has 0 saturated heterocycles. The third kappa shape index (κ3) is 4.31. The molecule has 2 heterocycles. The van der Waals surface area contributed by atoms with E-state index < -0.39 is 22.7 Å². The number of halogens is 1. The van der Waals surface area contributed by atoms with E-state index >= 15 is 0 Å². The molecule has 0 spiro atoms. The van der Waals surface area contributed by atoms with Gasteiger partial charge in [-0.1, -0.05) is 13.0 Å². The lowest BCUT2D eigenvalue weighted by atomic mass is 10.0. The van der Waals surface area contributed by atoms with Crippen LogP contribution in [0.3, 0.4) is 0 Å². The van der Waals surface area contributed by atoms with Gasteiger partial charge in [-0.15, -0.1) is 0 Å². The Balaban J connectivity index is 2.10. The van der Waals surface area contributed by atoms with Crippen LogP contribution in [0.15, 0.2) is 59.5 Å². The maximum Gasteiger partial charge on any atom is 0.280 e. The predicted octanol–water partition coefficient (Wildman–Crippen LogP) is 3.35. The number of aromatic amines is 1. The van der Waals surface area contributed by atoms with E-state index in [1.165, 1.54) is 30.7 Å². The summed E-state index contributed by atoms with van der Waals surface area (Å²) < 4.78 is 30.5. The van der Waals surface area contributed by atoms with E-state index in [-0.39, 0.29) is 28.9 Å². The molecule has 2 aromatic heterocycles. The molecular formula is C24H23FN4O3S. The number of H-pyrrole nitrogens is 1. The molecular weight excluding hydrogens is 443 g/mol. The van der Waals surface area contributed by atoms with E-state index in [9.17, 15) is 18.2 Å². The van der Waals surface area contributed by atoms with Crippen LogP contribution in [0.2, 0.25) is 0 Å². The average molecular weight is 467 g/mol. The summed E-state index contributed by atoms with van der Waals surface area (Å²) in [5.74, 6) is -1.10. The second kappa shape index (κ2) is 9.03. The highest BCUT2D eigenvalue weighted by Crippen LogP contribution is 2.35. The predicted molar refractivity (Wildman–Crippen MR) is 129 cm³/mol. The molecule has 0 aliphatic rings. The highest BCUT2D eigenvalue weighted by molar-refractivity contribution is 7.82. The Morgan fingerprint density at radius 2 is 2.00 bits per heavy atom. The minimum atomic E-state index is -1.65. The Bertz CT molecular complexity index is 1460. The van der Waals surface area contributed by atoms with Gasteiger partial charge in [0, 0.05) is 45.7 Å². The molecule has 33 heavy (non-hydrogen) atoms. The Morgan fingerprint density at radius 1 is 1.21 bits per heavy atom. The molecule has 0 aliphatic carbocycles. The number of nitrogen functional groups attached to an aromatic ring is 1. The molecule has 1 atom stereocenters. The second-order valence-electron chi connectivity index (χ2n) is 7.66. The van der Waals surface area contributed by atoms with Gasteiger partial charge in [0.2, 0.25) is 0 Å². The van der Waals surface area contributed by atoms with Crippen molar-refractivity contribution in [1.29, 1.82) is 0 Å². The van der Waals surface area contributed by atoms with Crippen molar-refractivity contribution in [1.82, 2.24) is 14.3 Å². The quantitative estimate of drug-likeness (QED) is 0.379. The smallest absolute Gasteiger partial charge is 0.280 e. The van der Waals surface area contributed by atoms with Gasteiger partial charge in [0.25, 0.3) is 11.5 Å². The topological polar surface area (TPSA) is 110 Å². The zero-order chi connectivity index (χ0) is 23.7. The lowest BCUT2D eigenvalue weighted by Gasteiger charge is -2.13. The van der Waals surface area contributed by atoms with E-state index in [4.69, 9.17) is 5.73 Å². The van der Waals surface area contributed by atoms with Crippen LogP contribution >= 0.6 is 0 Å². The molecule has 0 bridgehead atoms. The summed E-state index contributed by atoms with van der Waals surface area (Å²) in [7, 11) is -1.65. The number of fused-ring (bicyclic) bond motifs is 1. The van der Waals surface area contributed by atoms with Crippen LogP contribution in [0, 0.1) is 5.82 Å². The van der Waals surface area contributed by atoms with Gasteiger partial charge < -0.3 is 15.3 Å². The Kier molecular flexibility index (Phi) is 6.15. The maximum absolute atomic E-state index is 14.6. The molecule has 0 saturated carbocycles. The minimum absolute atomic E-state index is 0.0112. The number of benzene rings is 2. The number of aromatic nitrogens is 2. The van der Waals surface area contributed by atoms with Crippen LogP contribution in [0.5, 0.6) is 0 Å². The average Bonchev–Trinajstić information content (AvgIpc) is 3.09. The molecule has 0 radical (unpaired) electrons. The number of carbonyl (C=O) groups excluding carboxylic acids is 1. The number of pyridine rings is 1. The van der Waals surface area contributed by atoms with Crippen molar-refractivity contribution in [2.24, 2.45) is 0 Å². The van der Waals surface area contributed by atoms with Crippen molar-refractivity contribution in [2.75, 3.05) is 12.0 Å². The van der Waals surface area contributed by atoms with Crippen LogP contribution < -0.4 is 16.0 Å². The SMILES string of the molecule is CCc1ccc2c(c1)c(-c1ccc[nH]c1=O)c(C(=O)NS(C)=O)n2Cc1cc(N)ccc1F. The Hall–Kier alpha value is -3.72. The normalized spacial score (nSPS) is 12.1. The Labute approximate surface area is 192 Å². The third-order valence-corrected chi connectivity index (χ3v) is 5.95. The summed E-state index contributed by atoms with van der Waals surface area (Å²) in [4.78, 5) is 28.7. The molecule has 0 fully saturated rings. The molecule has 4 N–H and O–H groups in total. The second-order valence-corrected chi connectivity index (χ2v) is 8.78. The van der Waals surface area contributed by atoms with Crippen molar-refractivity contribution in [2.45, 2.75) is 19.9 Å². The zero-order valence-electron chi connectivity index (χ0n) is 18.1. The van der Waals surface area contributed by atoms with Crippen LogP contribution in [0.1, 0.15) is 28.5 Å². The first kappa shape index (κ1) is 22.5. The summed E-state index contributed by atoms with van der Waals surface area (Å²) in [6.45, 7) is 1.99. The number of nitrogens with two attached hydrogens (primary N) is 1. The highest BCUT2D eigenvalue weighted by atomic mass is 32.2. The van der Waals surface area contributed by atoms with Crippen LogP contribution in [-0.4, -0.2) is 25.9 Å². The largest absolute Gasteiger partial charge is 0.399 e. The molecule has 0 aliphatic heterocycles. The van der Waals surface area contributed by atoms with Crippen molar-refractivity contribution in [3.8, 4) is 11.1 Å². The number of rotatable bonds is 6. The summed E-state index contributed by atoms with van der Waals surface area (Å²) in [6.07, 6.45) is 3.59. The number of hydrogen-bond acceptors (Lipinski definition) is 4. The molecule has 4 rings (SSSR count). The van der Waals surface area contributed by atoms with Gasteiger partial charge in [0.05, 0.1) is 6.54 Å². The van der Waals surface area contributed by atoms with E-state index in [1.807, 2.05) is 25.1 Å². The number of amides is 1. The summed E-state index contributed by atoms with van der Waals surface area (Å²) in [5, 5.41) is 0.669. The highest BCUT2D eigenvalue weighted by Gasteiger charge is 2.26. The monoisotopic (exact) mass is 466 g/mol. The van der Waals surface area contributed by atoms with Crippen LogP contribution in [-0.2, 0) is 24.0 Å². The third-order valence-electron chi connectivity index (χ3n) is 5.47. The van der Waals surface area contributed by atoms with Crippen molar-refractivity contribution >= 4 is 33.5 Å². The fourth-order valence-electron chi connectivity index (χ4n) is 3.98. The first-order valence-corrected chi connectivity index (χ1v) is 11.9. The Morgan fingerprint density at radius 3 is 2.70 bits per heavy atom. The van der Waals surface area contributed by atoms with Gasteiger partial charge >= 0.3 is 0 Å². The minimum Gasteiger partial charge on any atom is -0.399 e. The van der Waals surface area contributed by atoms with E-state index in [1.54, 1.807) is 16.7 Å². The lowest BCUT2D eigenvalue weighted by molar-refractivity contribution is 0.0975. The molecule has 7 nitrogen and oxygen atoms in total. The van der Waals surface area contributed by atoms with Gasteiger partial charge in [0.15, 0.2) is 0 Å². The number of nitrogens with one attached hydrogen (secondary N) is 2. The van der Waals surface area contributed by atoms with Crippen LogP contribution in [0.25, 0.3) is 22.0 Å². The molecule has 4 aromatic rings. The summed E-state index contributed by atoms with van der Waals surface area (Å²) >= 11 is 0. The van der Waals surface area contributed by atoms with Gasteiger partial charge in [-0.2, -0.15) is 0 Å². The van der Waals surface area contributed by atoms with E-state index in [0.717, 1.165) is 12.0 Å². The molecule has 170 valence electrons. The molecule has 9 heteroatoms. The molecule has 1 unspecified atom stereocenters. The number of aryl methyl sites for hydroxylation is 1. The summed E-state index contributed by atoms with van der Waals surface area (Å²) in [6, 6.07) is 13.2. The fourth-order valence-corrected chi connectivity index (χ4v) is 4.34. The lowest BCUT2D eigenvalue weighted by Crippen LogP contribution is -2.28. The number of nitrogens with zero attached hydrogens (tertiary/aromatic N) is 1. The fraction of sp³-hybridized carbons (Fsp3) is 0.167. The summed E-state index contributed by atoms with van der Waals surface area (Å²) in [5.41, 5.74) is 8.61. The number of hydrogen-bond donors (Lipinski definition) is 3. The van der Waals surface area contributed by atoms with Gasteiger partial charge in [-0.3, -0.25) is 14.3 Å². The molecule has 1 amide bonds. The van der Waals surface area contributed by atoms with E-state index in [0.29, 0.717) is 22.2 Å². The molecule has 2 aromatic carbocycles. The zero-order valence-corrected chi connectivity index (χ0v) is 19.0. The van der Waals surface area contributed by atoms with Crippen molar-refractivity contribution in [3.05, 3.63) is 87.7 Å². The van der Waals surface area contributed by atoms with Gasteiger partial charge in [-0.25, -0.2) is 8.60 Å². The first-order valence-electron chi connectivity index (χ1n) is 10.3. The first-order chi connectivity index (χ1) is 15.8. The van der Waals surface area contributed by atoms with E-state index in [2.05, 4.69) is 9.71 Å². The van der Waals surface area contributed by atoms with Crippen molar-refractivity contribution < 1.29 is 13.4 Å². The van der Waals surface area contributed by atoms with Crippen LogP contribution in [0.4, 0.5) is 10.1 Å².